The molecule has 0 saturated heterocycles. The Morgan fingerprint density at radius 3 is 2.92 bits per heavy atom. The van der Waals surface area contributed by atoms with E-state index in [-0.39, 0.29) is 6.09 Å². The molecule has 1 aliphatic heterocycles. The number of amides is 1. The van der Waals surface area contributed by atoms with Gasteiger partial charge in [0, 0.05) is 29.9 Å². The summed E-state index contributed by atoms with van der Waals surface area (Å²) < 4.78 is 5.53. The first-order valence-electron chi connectivity index (χ1n) is 8.34. The molecule has 0 aliphatic carbocycles. The van der Waals surface area contributed by atoms with Gasteiger partial charge in [-0.3, -0.25) is 15.0 Å². The van der Waals surface area contributed by atoms with E-state index >= 15 is 0 Å². The van der Waals surface area contributed by atoms with Gasteiger partial charge < -0.3 is 4.74 Å². The minimum Gasteiger partial charge on any atom is -0.443 e. The third-order valence-corrected chi connectivity index (χ3v) is 4.23. The maximum atomic E-state index is 12.5. The predicted octanol–water partition coefficient (Wildman–Crippen LogP) is 3.92. The number of ether oxygens (including phenoxy) is 1. The minimum atomic E-state index is -0.512. The second-order valence-corrected chi connectivity index (χ2v) is 7.22. The second-order valence-electron chi connectivity index (χ2n) is 7.22. The number of hydrogen-bond acceptors (Lipinski definition) is 4. The fourth-order valence-corrected chi connectivity index (χ4v) is 3.11. The van der Waals surface area contributed by atoms with Crippen LogP contribution in [0.2, 0.25) is 0 Å². The number of aromatic amines is 1. The molecule has 0 fully saturated rings. The molecule has 0 saturated carbocycles. The van der Waals surface area contributed by atoms with E-state index in [0.717, 1.165) is 39.8 Å². The van der Waals surface area contributed by atoms with Gasteiger partial charge in [-0.25, -0.2) is 4.79 Å². The summed E-state index contributed by atoms with van der Waals surface area (Å²) in [6.07, 6.45) is 4.05. The molecule has 1 aromatic carbocycles. The van der Waals surface area contributed by atoms with Crippen molar-refractivity contribution < 1.29 is 9.53 Å². The van der Waals surface area contributed by atoms with E-state index in [4.69, 9.17) is 4.74 Å². The molecule has 3 heterocycles. The van der Waals surface area contributed by atoms with Crippen molar-refractivity contribution in [1.82, 2.24) is 15.2 Å². The highest BCUT2D eigenvalue weighted by Crippen LogP contribution is 2.35. The zero-order chi connectivity index (χ0) is 17.6. The number of H-pyrrole nitrogens is 1. The fraction of sp³-hybridized carbons (Fsp3) is 0.316. The van der Waals surface area contributed by atoms with Gasteiger partial charge in [-0.15, -0.1) is 0 Å². The zero-order valence-electron chi connectivity index (χ0n) is 14.5. The molecule has 3 aromatic rings. The van der Waals surface area contributed by atoms with E-state index in [1.54, 1.807) is 17.3 Å². The SMILES string of the molecule is CC(C)(C)OC(=O)N1CCc2ccc(-c3n[nH]c4ccncc34)cc21. The van der Waals surface area contributed by atoms with Crippen molar-refractivity contribution in [2.75, 3.05) is 11.4 Å². The zero-order valence-corrected chi connectivity index (χ0v) is 14.5. The molecule has 6 heteroatoms. The Morgan fingerprint density at radius 1 is 1.28 bits per heavy atom. The van der Waals surface area contributed by atoms with Crippen molar-refractivity contribution in [3.63, 3.8) is 0 Å². The van der Waals surface area contributed by atoms with Crippen molar-refractivity contribution in [3.8, 4) is 11.3 Å². The molecule has 4 rings (SSSR count). The van der Waals surface area contributed by atoms with Crippen molar-refractivity contribution >= 4 is 22.7 Å². The first-order valence-corrected chi connectivity index (χ1v) is 8.34. The number of fused-ring (bicyclic) bond motifs is 2. The van der Waals surface area contributed by atoms with Gasteiger partial charge in [-0.05, 0) is 44.9 Å². The number of nitrogens with zero attached hydrogens (tertiary/aromatic N) is 3. The number of aromatic nitrogens is 3. The van der Waals surface area contributed by atoms with Crippen LogP contribution < -0.4 is 4.90 Å². The van der Waals surface area contributed by atoms with Crippen molar-refractivity contribution in [3.05, 3.63) is 42.2 Å². The summed E-state index contributed by atoms with van der Waals surface area (Å²) in [7, 11) is 0. The summed E-state index contributed by atoms with van der Waals surface area (Å²) in [6, 6.07) is 8.01. The summed E-state index contributed by atoms with van der Waals surface area (Å²) in [4.78, 5) is 18.4. The van der Waals surface area contributed by atoms with E-state index in [1.807, 2.05) is 39.0 Å². The van der Waals surface area contributed by atoms with Gasteiger partial charge >= 0.3 is 6.09 Å². The fourth-order valence-electron chi connectivity index (χ4n) is 3.11. The molecular weight excluding hydrogens is 316 g/mol. The highest BCUT2D eigenvalue weighted by atomic mass is 16.6. The lowest BCUT2D eigenvalue weighted by molar-refractivity contribution is 0.0584. The summed E-state index contributed by atoms with van der Waals surface area (Å²) in [5.74, 6) is 0. The molecule has 25 heavy (non-hydrogen) atoms. The molecule has 0 bridgehead atoms. The lowest BCUT2D eigenvalue weighted by Gasteiger charge is -2.25. The van der Waals surface area contributed by atoms with Gasteiger partial charge in [-0.1, -0.05) is 12.1 Å². The van der Waals surface area contributed by atoms with Gasteiger partial charge in [-0.2, -0.15) is 5.10 Å². The highest BCUT2D eigenvalue weighted by Gasteiger charge is 2.29. The number of anilines is 1. The molecule has 0 spiro atoms. The number of nitrogens with one attached hydrogen (secondary N) is 1. The van der Waals surface area contributed by atoms with Gasteiger partial charge in [0.05, 0.1) is 11.2 Å². The smallest absolute Gasteiger partial charge is 0.414 e. The number of hydrogen-bond donors (Lipinski definition) is 1. The Labute approximate surface area is 145 Å². The van der Waals surface area contributed by atoms with E-state index in [1.165, 1.54) is 0 Å². The maximum absolute atomic E-state index is 12.5. The molecule has 2 aromatic heterocycles. The second kappa shape index (κ2) is 5.58. The average molecular weight is 336 g/mol. The molecule has 128 valence electrons. The maximum Gasteiger partial charge on any atom is 0.414 e. The Hall–Kier alpha value is -2.89. The molecule has 1 aliphatic rings. The van der Waals surface area contributed by atoms with Gasteiger partial charge in [0.15, 0.2) is 0 Å². The third-order valence-electron chi connectivity index (χ3n) is 4.23. The largest absolute Gasteiger partial charge is 0.443 e. The highest BCUT2D eigenvalue weighted by molar-refractivity contribution is 5.95. The third kappa shape index (κ3) is 2.84. The standard InChI is InChI=1S/C19H20N4O2/c1-19(2,3)25-18(24)23-9-7-12-4-5-13(10-16(12)23)17-14-11-20-8-6-15(14)21-22-17/h4-6,8,10-11H,7,9H2,1-3H3,(H,21,22). The summed E-state index contributed by atoms with van der Waals surface area (Å²) in [5, 5.41) is 8.41. The Bertz CT molecular complexity index is 955. The van der Waals surface area contributed by atoms with Gasteiger partial charge in [0.1, 0.15) is 11.3 Å². The van der Waals surface area contributed by atoms with E-state index < -0.39 is 5.60 Å². The van der Waals surface area contributed by atoms with E-state index in [0.29, 0.717) is 6.54 Å². The molecule has 1 N–H and O–H groups in total. The number of pyridine rings is 1. The van der Waals surface area contributed by atoms with E-state index in [9.17, 15) is 4.79 Å². The summed E-state index contributed by atoms with van der Waals surface area (Å²) >= 11 is 0. The normalized spacial score (nSPS) is 14.0. The molecule has 1 amide bonds. The van der Waals surface area contributed by atoms with Crippen LogP contribution in [0.1, 0.15) is 26.3 Å². The monoisotopic (exact) mass is 336 g/mol. The topological polar surface area (TPSA) is 71.1 Å². The Kier molecular flexibility index (Phi) is 3.49. The molecule has 0 unspecified atom stereocenters. The van der Waals surface area contributed by atoms with Crippen LogP contribution in [0.3, 0.4) is 0 Å². The van der Waals surface area contributed by atoms with E-state index in [2.05, 4.69) is 21.2 Å². The van der Waals surface area contributed by atoms with Crippen LogP contribution in [-0.4, -0.2) is 33.4 Å². The number of benzene rings is 1. The Balaban J connectivity index is 1.72. The van der Waals surface area contributed by atoms with Gasteiger partial charge in [0.25, 0.3) is 0 Å². The lowest BCUT2D eigenvalue weighted by atomic mass is 10.0. The summed E-state index contributed by atoms with van der Waals surface area (Å²) in [5.41, 5.74) is 4.26. The molecule has 0 radical (unpaired) electrons. The van der Waals surface area contributed by atoms with Crippen molar-refractivity contribution in [1.29, 1.82) is 0 Å². The first kappa shape index (κ1) is 15.6. The molecule has 0 atom stereocenters. The van der Waals surface area contributed by atoms with Crippen LogP contribution >= 0.6 is 0 Å². The van der Waals surface area contributed by atoms with Crippen LogP contribution in [0.15, 0.2) is 36.7 Å². The summed E-state index contributed by atoms with van der Waals surface area (Å²) in [6.45, 7) is 6.26. The number of carbonyl (C=O) groups is 1. The number of carbonyl (C=O) groups excluding carboxylic acids is 1. The van der Waals surface area contributed by atoms with Gasteiger partial charge in [0.2, 0.25) is 0 Å². The van der Waals surface area contributed by atoms with Crippen LogP contribution in [-0.2, 0) is 11.2 Å². The van der Waals surface area contributed by atoms with Crippen LogP contribution in [0, 0.1) is 0 Å². The van der Waals surface area contributed by atoms with Crippen LogP contribution in [0.25, 0.3) is 22.2 Å². The van der Waals surface area contributed by atoms with Crippen LogP contribution in [0.4, 0.5) is 10.5 Å². The quantitative estimate of drug-likeness (QED) is 0.731. The predicted molar refractivity (Wildman–Crippen MR) is 96.6 cm³/mol. The number of rotatable bonds is 1. The lowest BCUT2D eigenvalue weighted by Crippen LogP contribution is -2.35. The molecular formula is C19H20N4O2. The molecule has 6 nitrogen and oxygen atoms in total. The Morgan fingerprint density at radius 2 is 2.12 bits per heavy atom. The van der Waals surface area contributed by atoms with Crippen molar-refractivity contribution in [2.24, 2.45) is 0 Å². The minimum absolute atomic E-state index is 0.308. The first-order chi connectivity index (χ1) is 11.9. The van der Waals surface area contributed by atoms with Crippen LogP contribution in [0.5, 0.6) is 0 Å². The average Bonchev–Trinajstić information content (AvgIpc) is 3.16. The van der Waals surface area contributed by atoms with Crippen molar-refractivity contribution in [2.45, 2.75) is 32.8 Å².